The maximum Gasteiger partial charge on any atom is 0.246 e. The van der Waals surface area contributed by atoms with Crippen molar-refractivity contribution >= 4 is 17.2 Å². The molecular formula is C32H39FN4O4S. The molecule has 3 N–H and O–H groups in total. The van der Waals surface area contributed by atoms with E-state index in [0.717, 1.165) is 37.7 Å². The number of aliphatic hydroxyl groups excluding tert-OH is 1. The van der Waals surface area contributed by atoms with Crippen molar-refractivity contribution in [2.75, 3.05) is 20.3 Å². The molecule has 3 heterocycles. The van der Waals surface area contributed by atoms with Crippen LogP contribution in [0.25, 0.3) is 10.6 Å². The van der Waals surface area contributed by atoms with E-state index in [-0.39, 0.29) is 48.4 Å². The van der Waals surface area contributed by atoms with E-state index in [9.17, 15) is 14.3 Å². The molecule has 1 aliphatic heterocycles. The number of thiazole rings is 1. The van der Waals surface area contributed by atoms with Crippen LogP contribution in [0.5, 0.6) is 5.88 Å². The topological polar surface area (TPSA) is 106 Å². The summed E-state index contributed by atoms with van der Waals surface area (Å²) < 4.78 is 26.1. The number of hydrogen-bond acceptors (Lipinski definition) is 8. The molecule has 1 amide bonds. The molecule has 224 valence electrons. The van der Waals surface area contributed by atoms with Gasteiger partial charge >= 0.3 is 0 Å². The van der Waals surface area contributed by atoms with Gasteiger partial charge in [-0.3, -0.25) is 4.79 Å². The molecule has 2 aromatic heterocycles. The van der Waals surface area contributed by atoms with Crippen molar-refractivity contribution < 1.29 is 23.8 Å². The third-order valence-corrected chi connectivity index (χ3v) is 9.92. The van der Waals surface area contributed by atoms with Crippen molar-refractivity contribution in [3.8, 4) is 16.5 Å². The van der Waals surface area contributed by atoms with Crippen LogP contribution in [-0.2, 0) is 16.0 Å². The molecule has 10 heteroatoms. The number of pyridine rings is 1. The minimum absolute atomic E-state index is 0.0426. The highest BCUT2D eigenvalue weighted by Crippen LogP contribution is 2.59. The van der Waals surface area contributed by atoms with Gasteiger partial charge < -0.3 is 25.2 Å². The number of rotatable bonds is 11. The molecule has 4 atom stereocenters. The lowest BCUT2D eigenvalue weighted by molar-refractivity contribution is -0.126. The molecule has 0 bridgehead atoms. The average Bonchev–Trinajstić information content (AvgIpc) is 3.30. The molecule has 6 rings (SSSR count). The predicted octanol–water partition coefficient (Wildman–Crippen LogP) is 4.93. The fourth-order valence-electron chi connectivity index (χ4n) is 6.42. The molecule has 3 aromatic rings. The van der Waals surface area contributed by atoms with Gasteiger partial charge in [-0.05, 0) is 78.8 Å². The third-order valence-electron chi connectivity index (χ3n) is 9.10. The average molecular weight is 595 g/mol. The van der Waals surface area contributed by atoms with Crippen LogP contribution >= 0.6 is 11.3 Å². The molecule has 0 radical (unpaired) electrons. The number of aliphatic hydroxyl groups is 1. The number of amides is 1. The van der Waals surface area contributed by atoms with E-state index in [0.29, 0.717) is 27.9 Å². The van der Waals surface area contributed by atoms with Gasteiger partial charge in [-0.25, -0.2) is 14.4 Å². The SMILES string of the molecule is COCC(=O)N[C@@H](Cc1cc(F)cc(-c2nccs2)c1)[C@@H](O)CN[C@H]1CC2(CCC2)Oc2ncc([C@@H]3CC3(C)C)cc21. The highest BCUT2D eigenvalue weighted by Gasteiger charge is 2.49. The Morgan fingerprint density at radius 1 is 1.24 bits per heavy atom. The Labute approximate surface area is 250 Å². The first-order chi connectivity index (χ1) is 20.1. The van der Waals surface area contributed by atoms with Crippen LogP contribution in [0.4, 0.5) is 4.39 Å². The summed E-state index contributed by atoms with van der Waals surface area (Å²) in [6.07, 6.45) is 7.98. The van der Waals surface area contributed by atoms with Crippen molar-refractivity contribution in [1.82, 2.24) is 20.6 Å². The molecule has 8 nitrogen and oxygen atoms in total. The number of methoxy groups -OCH3 is 1. The quantitative estimate of drug-likeness (QED) is 0.289. The number of carbonyl (C=O) groups excluding carboxylic acids is 1. The minimum atomic E-state index is -0.945. The summed E-state index contributed by atoms with van der Waals surface area (Å²) in [6.45, 7) is 4.65. The number of hydrogen-bond donors (Lipinski definition) is 3. The number of halogens is 1. The highest BCUT2D eigenvalue weighted by molar-refractivity contribution is 7.13. The Hall–Kier alpha value is -2.92. The van der Waals surface area contributed by atoms with Gasteiger partial charge in [0.2, 0.25) is 11.8 Å². The summed E-state index contributed by atoms with van der Waals surface area (Å²) in [5.41, 5.74) is 3.64. The number of nitrogens with one attached hydrogen (secondary N) is 2. The maximum atomic E-state index is 14.6. The standard InChI is InChI=1S/C32H39FN4O4S/c1-31(2)14-24(31)21-13-23-26(15-32(5-4-6-32)41-29(23)36-16-21)35-17-27(38)25(37-28(39)18-40-3)11-19-9-20(12-22(33)10-19)30-34-7-8-42-30/h7-10,12-13,16,24-27,35,38H,4-6,11,14-15,17-18H2,1-3H3,(H,37,39)/t24-,25-,26-,27-/m0/s1. The summed E-state index contributed by atoms with van der Waals surface area (Å²) in [6, 6.07) is 6.26. The van der Waals surface area contributed by atoms with E-state index in [2.05, 4.69) is 35.5 Å². The Bertz CT molecular complexity index is 1430. The lowest BCUT2D eigenvalue weighted by Gasteiger charge is -2.47. The second-order valence-corrected chi connectivity index (χ2v) is 13.7. The third kappa shape index (κ3) is 6.22. The largest absolute Gasteiger partial charge is 0.471 e. The number of benzene rings is 1. The Kier molecular flexibility index (Phi) is 8.08. The first-order valence-corrected chi connectivity index (χ1v) is 15.6. The lowest BCUT2D eigenvalue weighted by atomic mass is 9.73. The first-order valence-electron chi connectivity index (χ1n) is 14.7. The van der Waals surface area contributed by atoms with Gasteiger partial charge in [0.15, 0.2) is 0 Å². The molecular weight excluding hydrogens is 555 g/mol. The molecule has 0 saturated heterocycles. The van der Waals surface area contributed by atoms with Crippen LogP contribution < -0.4 is 15.4 Å². The number of carbonyl (C=O) groups is 1. The van der Waals surface area contributed by atoms with Crippen molar-refractivity contribution in [3.63, 3.8) is 0 Å². The lowest BCUT2D eigenvalue weighted by Crippen LogP contribution is -2.52. The smallest absolute Gasteiger partial charge is 0.246 e. The van der Waals surface area contributed by atoms with Crippen LogP contribution in [0.2, 0.25) is 0 Å². The van der Waals surface area contributed by atoms with Gasteiger partial charge in [-0.15, -0.1) is 11.3 Å². The van der Waals surface area contributed by atoms with Crippen molar-refractivity contribution in [2.24, 2.45) is 5.41 Å². The summed E-state index contributed by atoms with van der Waals surface area (Å²) in [7, 11) is 1.45. The second kappa shape index (κ2) is 11.6. The monoisotopic (exact) mass is 594 g/mol. The first kappa shape index (κ1) is 29.2. The van der Waals surface area contributed by atoms with Gasteiger partial charge in [0, 0.05) is 55.0 Å². The second-order valence-electron chi connectivity index (χ2n) is 12.8. The Morgan fingerprint density at radius 2 is 2.05 bits per heavy atom. The van der Waals surface area contributed by atoms with Crippen molar-refractivity contribution in [3.05, 3.63) is 64.5 Å². The molecule has 1 aromatic carbocycles. The van der Waals surface area contributed by atoms with Crippen LogP contribution in [0.1, 0.15) is 74.6 Å². The Morgan fingerprint density at radius 3 is 2.71 bits per heavy atom. The zero-order valence-electron chi connectivity index (χ0n) is 24.4. The molecule has 2 saturated carbocycles. The molecule has 3 aliphatic rings. The fraction of sp³-hybridized carbons (Fsp3) is 0.531. The van der Waals surface area contributed by atoms with Gasteiger partial charge in [0.1, 0.15) is 23.0 Å². The summed E-state index contributed by atoms with van der Waals surface area (Å²) in [5.74, 6) is 0.430. The van der Waals surface area contributed by atoms with Gasteiger partial charge in [0.05, 0.1) is 12.1 Å². The van der Waals surface area contributed by atoms with E-state index in [1.54, 1.807) is 6.20 Å². The summed E-state index contributed by atoms with van der Waals surface area (Å²) in [4.78, 5) is 21.6. The predicted molar refractivity (Wildman–Crippen MR) is 159 cm³/mol. The maximum absolute atomic E-state index is 14.6. The van der Waals surface area contributed by atoms with Gasteiger partial charge in [-0.1, -0.05) is 13.8 Å². The van der Waals surface area contributed by atoms with Crippen LogP contribution in [-0.4, -0.2) is 59.0 Å². The van der Waals surface area contributed by atoms with E-state index in [1.165, 1.54) is 36.1 Å². The van der Waals surface area contributed by atoms with Crippen LogP contribution in [0, 0.1) is 11.2 Å². The molecule has 2 fully saturated rings. The molecule has 42 heavy (non-hydrogen) atoms. The van der Waals surface area contributed by atoms with E-state index in [4.69, 9.17) is 14.5 Å². The highest BCUT2D eigenvalue weighted by atomic mass is 32.1. The summed E-state index contributed by atoms with van der Waals surface area (Å²) in [5, 5.41) is 20.5. The van der Waals surface area contributed by atoms with Gasteiger partial charge in [-0.2, -0.15) is 0 Å². The molecule has 1 spiro atoms. The Balaban J connectivity index is 1.21. The van der Waals surface area contributed by atoms with E-state index >= 15 is 0 Å². The molecule has 2 aliphatic carbocycles. The number of nitrogens with zero attached hydrogens (tertiary/aromatic N) is 2. The normalized spacial score (nSPS) is 22.9. The zero-order valence-corrected chi connectivity index (χ0v) is 25.2. The number of aromatic nitrogens is 2. The van der Waals surface area contributed by atoms with E-state index in [1.807, 2.05) is 17.6 Å². The minimum Gasteiger partial charge on any atom is -0.471 e. The zero-order chi connectivity index (χ0) is 29.5. The fourth-order valence-corrected chi connectivity index (χ4v) is 7.04. The van der Waals surface area contributed by atoms with Crippen LogP contribution in [0.3, 0.4) is 0 Å². The van der Waals surface area contributed by atoms with E-state index < -0.39 is 12.1 Å². The number of ether oxygens (including phenoxy) is 2. The number of fused-ring (bicyclic) bond motifs is 1. The van der Waals surface area contributed by atoms with Gasteiger partial charge in [0.25, 0.3) is 0 Å². The van der Waals surface area contributed by atoms with Crippen molar-refractivity contribution in [2.45, 2.75) is 82.1 Å². The van der Waals surface area contributed by atoms with Crippen LogP contribution in [0.15, 0.2) is 42.0 Å². The summed E-state index contributed by atoms with van der Waals surface area (Å²) >= 11 is 1.43. The van der Waals surface area contributed by atoms with Crippen molar-refractivity contribution in [1.29, 1.82) is 0 Å². The molecule has 0 unspecified atom stereocenters.